The number of hydrogen-bond acceptors (Lipinski definition) is 5. The molecule has 22 heavy (non-hydrogen) atoms. The van der Waals surface area contributed by atoms with E-state index in [4.69, 9.17) is 5.73 Å². The molecule has 0 saturated heterocycles. The first kappa shape index (κ1) is 19.4. The van der Waals surface area contributed by atoms with Gasteiger partial charge in [-0.3, -0.25) is 4.79 Å². The van der Waals surface area contributed by atoms with Gasteiger partial charge in [-0.05, 0) is 12.1 Å². The molecule has 7 heteroatoms. The average Bonchev–Trinajstić information content (AvgIpc) is 2.48. The van der Waals surface area contributed by atoms with Crippen LogP contribution in [0.3, 0.4) is 0 Å². The Morgan fingerprint density at radius 1 is 0.727 bits per heavy atom. The van der Waals surface area contributed by atoms with Crippen LogP contribution in [0, 0.1) is 0 Å². The Morgan fingerprint density at radius 2 is 1.09 bits per heavy atom. The summed E-state index contributed by atoms with van der Waals surface area (Å²) in [6.45, 7) is 0. The minimum atomic E-state index is -1.52. The van der Waals surface area contributed by atoms with Crippen LogP contribution in [0.5, 0.6) is 0 Å². The summed E-state index contributed by atoms with van der Waals surface area (Å²) in [6, 6.07) is 13.9. The van der Waals surface area contributed by atoms with Crippen LogP contribution in [0.15, 0.2) is 54.6 Å². The normalized spacial score (nSPS) is 8.73. The SMILES string of the molecule is NC(=O)c1ccccc1.O=C([O-])c1ccccc1C(=O)[O-].[Cu+2]. The van der Waals surface area contributed by atoms with Gasteiger partial charge in [-0.1, -0.05) is 42.5 Å². The van der Waals surface area contributed by atoms with Crippen LogP contribution in [0.1, 0.15) is 31.1 Å². The summed E-state index contributed by atoms with van der Waals surface area (Å²) in [5.74, 6) is -3.42. The van der Waals surface area contributed by atoms with Crippen molar-refractivity contribution in [3.05, 3.63) is 71.3 Å². The molecule has 0 heterocycles. The van der Waals surface area contributed by atoms with Gasteiger partial charge in [0.2, 0.25) is 5.91 Å². The van der Waals surface area contributed by atoms with Crippen molar-refractivity contribution in [3.63, 3.8) is 0 Å². The molecule has 2 aromatic rings. The van der Waals surface area contributed by atoms with E-state index in [2.05, 4.69) is 0 Å². The molecular weight excluding hydrogens is 338 g/mol. The minimum absolute atomic E-state index is 0. The molecule has 0 bridgehead atoms. The van der Waals surface area contributed by atoms with E-state index in [9.17, 15) is 24.6 Å². The summed E-state index contributed by atoms with van der Waals surface area (Å²) in [5, 5.41) is 20.6. The zero-order chi connectivity index (χ0) is 15.8. The van der Waals surface area contributed by atoms with Crippen LogP contribution in [0.25, 0.3) is 0 Å². The second-order valence-corrected chi connectivity index (χ2v) is 3.85. The van der Waals surface area contributed by atoms with E-state index in [1.165, 1.54) is 12.1 Å². The second-order valence-electron chi connectivity index (χ2n) is 3.85. The third kappa shape index (κ3) is 5.78. The van der Waals surface area contributed by atoms with Gasteiger partial charge in [-0.2, -0.15) is 0 Å². The summed E-state index contributed by atoms with van der Waals surface area (Å²) >= 11 is 0. The van der Waals surface area contributed by atoms with Gasteiger partial charge in [0.25, 0.3) is 0 Å². The predicted molar refractivity (Wildman–Crippen MR) is 70.1 cm³/mol. The largest absolute Gasteiger partial charge is 2.00 e. The van der Waals surface area contributed by atoms with Crippen molar-refractivity contribution >= 4 is 17.8 Å². The van der Waals surface area contributed by atoms with Crippen molar-refractivity contribution in [2.75, 3.05) is 0 Å². The van der Waals surface area contributed by atoms with E-state index in [1.807, 2.05) is 6.07 Å². The van der Waals surface area contributed by atoms with Gasteiger partial charge in [-0.25, -0.2) is 0 Å². The van der Waals surface area contributed by atoms with Crippen LogP contribution in [-0.2, 0) is 17.1 Å². The van der Waals surface area contributed by atoms with Crippen LogP contribution in [-0.4, -0.2) is 17.8 Å². The van der Waals surface area contributed by atoms with Crippen molar-refractivity contribution in [2.45, 2.75) is 0 Å². The van der Waals surface area contributed by atoms with Crippen LogP contribution in [0.4, 0.5) is 0 Å². The zero-order valence-corrected chi connectivity index (χ0v) is 12.1. The molecule has 117 valence electrons. The predicted octanol–water partition coefficient (Wildman–Crippen LogP) is -0.803. The van der Waals surface area contributed by atoms with E-state index in [0.717, 1.165) is 12.1 Å². The molecule has 0 fully saturated rings. The molecule has 0 atom stereocenters. The van der Waals surface area contributed by atoms with Crippen molar-refractivity contribution in [2.24, 2.45) is 5.73 Å². The van der Waals surface area contributed by atoms with Gasteiger partial charge in [0.15, 0.2) is 0 Å². The maximum Gasteiger partial charge on any atom is 2.00 e. The molecule has 0 aliphatic heterocycles. The van der Waals surface area contributed by atoms with Gasteiger partial charge in [0, 0.05) is 16.7 Å². The molecule has 0 unspecified atom stereocenters. The van der Waals surface area contributed by atoms with Gasteiger partial charge >= 0.3 is 17.1 Å². The molecule has 2 N–H and O–H groups in total. The van der Waals surface area contributed by atoms with Crippen molar-refractivity contribution < 1.29 is 41.7 Å². The molecule has 0 spiro atoms. The number of primary amides is 1. The number of nitrogens with two attached hydrogens (primary N) is 1. The molecule has 2 aromatic carbocycles. The molecule has 0 aliphatic rings. The van der Waals surface area contributed by atoms with Crippen LogP contribution >= 0.6 is 0 Å². The minimum Gasteiger partial charge on any atom is -0.545 e. The maximum atomic E-state index is 10.4. The first-order chi connectivity index (χ1) is 9.93. The maximum absolute atomic E-state index is 10.4. The van der Waals surface area contributed by atoms with E-state index >= 15 is 0 Å². The molecule has 1 radical (unpaired) electrons. The quantitative estimate of drug-likeness (QED) is 0.727. The fourth-order valence-electron chi connectivity index (χ4n) is 1.44. The number of carbonyl (C=O) groups is 3. The Labute approximate surface area is 137 Å². The molecule has 1 amide bonds. The van der Waals surface area contributed by atoms with Gasteiger partial charge in [-0.15, -0.1) is 0 Å². The summed E-state index contributed by atoms with van der Waals surface area (Å²) in [6.07, 6.45) is 0. The number of amides is 1. The Balaban J connectivity index is 0.000000397. The molecule has 6 nitrogen and oxygen atoms in total. The van der Waals surface area contributed by atoms with E-state index in [0.29, 0.717) is 5.56 Å². The molecule has 0 saturated carbocycles. The Morgan fingerprint density at radius 3 is 1.36 bits per heavy atom. The summed E-state index contributed by atoms with van der Waals surface area (Å²) < 4.78 is 0. The fourth-order valence-corrected chi connectivity index (χ4v) is 1.44. The first-order valence-corrected chi connectivity index (χ1v) is 5.80. The zero-order valence-electron chi connectivity index (χ0n) is 11.1. The van der Waals surface area contributed by atoms with E-state index < -0.39 is 11.9 Å². The van der Waals surface area contributed by atoms with E-state index in [-0.39, 0.29) is 34.1 Å². The summed E-state index contributed by atoms with van der Waals surface area (Å²) in [7, 11) is 0. The van der Waals surface area contributed by atoms with Crippen LogP contribution in [0.2, 0.25) is 0 Å². The van der Waals surface area contributed by atoms with Gasteiger partial charge < -0.3 is 25.5 Å². The van der Waals surface area contributed by atoms with Gasteiger partial charge in [0.05, 0.1) is 11.9 Å². The molecule has 0 aromatic heterocycles. The number of hydrogen-bond donors (Lipinski definition) is 1. The summed E-state index contributed by atoms with van der Waals surface area (Å²) in [5.41, 5.74) is 4.80. The topological polar surface area (TPSA) is 123 Å². The Kier molecular flexibility index (Phi) is 8.22. The Bertz CT molecular complexity index is 625. The fraction of sp³-hybridized carbons (Fsp3) is 0. The number of aromatic carboxylic acids is 2. The van der Waals surface area contributed by atoms with Crippen molar-refractivity contribution in [1.82, 2.24) is 0 Å². The van der Waals surface area contributed by atoms with Gasteiger partial charge in [0.1, 0.15) is 0 Å². The first-order valence-electron chi connectivity index (χ1n) is 5.80. The van der Waals surface area contributed by atoms with E-state index in [1.54, 1.807) is 24.3 Å². The second kappa shape index (κ2) is 9.33. The smallest absolute Gasteiger partial charge is 0.545 e. The monoisotopic (exact) mass is 348 g/mol. The summed E-state index contributed by atoms with van der Waals surface area (Å²) in [4.78, 5) is 31.1. The molecular formula is C15H11CuNO5. The number of carboxylic acids is 2. The number of carboxylic acid groups (broad SMARTS) is 2. The standard InChI is InChI=1S/C8H6O4.C7H7NO.Cu/c9-7(10)5-3-1-2-4-6(5)8(11)12;8-7(9)6-4-2-1-3-5-6;/h1-4H,(H,9,10)(H,11,12);1-5H,(H2,8,9);/q;;+2/p-2. The number of benzene rings is 2. The van der Waals surface area contributed by atoms with Crippen molar-refractivity contribution in [1.29, 1.82) is 0 Å². The average molecular weight is 349 g/mol. The number of rotatable bonds is 3. The third-order valence-electron chi connectivity index (χ3n) is 2.43. The Hall–Kier alpha value is -2.63. The number of carbonyl (C=O) groups excluding carboxylic acids is 3. The molecule has 2 rings (SSSR count). The van der Waals surface area contributed by atoms with Crippen LogP contribution < -0.4 is 15.9 Å². The third-order valence-corrected chi connectivity index (χ3v) is 2.43. The molecule has 0 aliphatic carbocycles. The van der Waals surface area contributed by atoms with Crippen molar-refractivity contribution in [3.8, 4) is 0 Å².